The summed E-state index contributed by atoms with van der Waals surface area (Å²) in [5.41, 5.74) is 3.61. The summed E-state index contributed by atoms with van der Waals surface area (Å²) in [4.78, 5) is 13.2. The van der Waals surface area contributed by atoms with Crippen LogP contribution in [0.25, 0.3) is 0 Å². The maximum atomic E-state index is 13.2. The number of ether oxygens (including phenoxy) is 4. The Morgan fingerprint density at radius 3 is 1.40 bits per heavy atom. The molecule has 0 saturated carbocycles. The van der Waals surface area contributed by atoms with E-state index in [4.69, 9.17) is 25.4 Å². The molecule has 0 saturated heterocycles. The van der Waals surface area contributed by atoms with Gasteiger partial charge in [0, 0.05) is 0 Å². The third-order valence-electron chi connectivity index (χ3n) is 6.65. The monoisotopic (exact) mass is 564 g/mol. The molecule has 0 heterocycles. The number of ketones is 1. The first-order valence-corrected chi connectivity index (χ1v) is 13.9. The average Bonchev–Trinajstić information content (AvgIpc) is 3.05. The zero-order valence-corrected chi connectivity index (χ0v) is 23.5. The van der Waals surface area contributed by atoms with Gasteiger partial charge in [-0.05, 0) is 28.2 Å². The molecule has 0 aromatic heterocycles. The van der Waals surface area contributed by atoms with Crippen LogP contribution in [-0.2, 0) is 50.2 Å². The summed E-state index contributed by atoms with van der Waals surface area (Å²) >= 11 is 0. The Bertz CT molecular complexity index is 1360. The van der Waals surface area contributed by atoms with E-state index >= 15 is 0 Å². The van der Waals surface area contributed by atoms with Gasteiger partial charge in [0.15, 0.2) is 6.10 Å². The number of carbonyl (C=O) groups is 1. The average molecular weight is 565 g/mol. The zero-order valence-electron chi connectivity index (χ0n) is 23.5. The number of aliphatic hydroxyl groups excluding tert-OH is 1. The quantitative estimate of drug-likeness (QED) is 0.134. The molecule has 6 heteroatoms. The molecule has 4 rings (SSSR count). The van der Waals surface area contributed by atoms with Crippen molar-refractivity contribution in [3.8, 4) is 12.3 Å². The van der Waals surface area contributed by atoms with Crippen molar-refractivity contribution in [2.75, 3.05) is 6.61 Å². The molecule has 0 unspecified atom stereocenters. The fourth-order valence-electron chi connectivity index (χ4n) is 4.44. The number of aliphatic hydroxyl groups is 1. The molecule has 6 nitrogen and oxygen atoms in total. The summed E-state index contributed by atoms with van der Waals surface area (Å²) in [6, 6.07) is 38.3. The van der Waals surface area contributed by atoms with Crippen LogP contribution in [0.5, 0.6) is 0 Å². The summed E-state index contributed by atoms with van der Waals surface area (Å²) < 4.78 is 24.7. The molecule has 0 amide bonds. The fraction of sp³-hybridized carbons (Fsp3) is 0.250. The van der Waals surface area contributed by atoms with E-state index in [9.17, 15) is 9.90 Å². The minimum atomic E-state index is -1.21. The van der Waals surface area contributed by atoms with Crippen molar-refractivity contribution in [1.29, 1.82) is 0 Å². The van der Waals surface area contributed by atoms with Crippen LogP contribution < -0.4 is 0 Å². The zero-order chi connectivity index (χ0) is 29.4. The van der Waals surface area contributed by atoms with Gasteiger partial charge in [-0.2, -0.15) is 0 Å². The molecule has 0 aliphatic rings. The Kier molecular flexibility index (Phi) is 12.5. The van der Waals surface area contributed by atoms with Crippen LogP contribution >= 0.6 is 0 Å². The Balaban J connectivity index is 1.60. The number of terminal acetylenes is 1. The molecule has 4 atom stereocenters. The molecule has 0 radical (unpaired) electrons. The third-order valence-corrected chi connectivity index (χ3v) is 6.65. The van der Waals surface area contributed by atoms with E-state index in [1.165, 1.54) is 0 Å². The number of hydrogen-bond donors (Lipinski definition) is 1. The Hall–Kier alpha value is -4.09. The Morgan fingerprint density at radius 2 is 0.976 bits per heavy atom. The minimum absolute atomic E-state index is 0.0603. The molecule has 216 valence electrons. The van der Waals surface area contributed by atoms with Gasteiger partial charge in [-0.3, -0.25) is 4.79 Å². The van der Waals surface area contributed by atoms with E-state index in [1.54, 1.807) is 0 Å². The lowest BCUT2D eigenvalue weighted by Crippen LogP contribution is -2.52. The van der Waals surface area contributed by atoms with Gasteiger partial charge in [0.2, 0.25) is 5.78 Å². The molecule has 42 heavy (non-hydrogen) atoms. The van der Waals surface area contributed by atoms with E-state index in [2.05, 4.69) is 5.92 Å². The second-order valence-corrected chi connectivity index (χ2v) is 9.82. The van der Waals surface area contributed by atoms with Crippen molar-refractivity contribution in [3.05, 3.63) is 144 Å². The predicted molar refractivity (Wildman–Crippen MR) is 161 cm³/mol. The molecular weight excluding hydrogens is 528 g/mol. The van der Waals surface area contributed by atoms with Gasteiger partial charge in [0.25, 0.3) is 0 Å². The van der Waals surface area contributed by atoms with Crippen LogP contribution in [-0.4, -0.2) is 41.9 Å². The second kappa shape index (κ2) is 17.0. The number of rotatable bonds is 17. The predicted octanol–water partition coefficient (Wildman–Crippen LogP) is 5.52. The van der Waals surface area contributed by atoms with E-state index in [1.807, 2.05) is 121 Å². The van der Waals surface area contributed by atoms with Crippen LogP contribution in [0.15, 0.2) is 121 Å². The van der Waals surface area contributed by atoms with Gasteiger partial charge < -0.3 is 24.1 Å². The highest BCUT2D eigenvalue weighted by molar-refractivity contribution is 5.99. The fourth-order valence-corrected chi connectivity index (χ4v) is 4.44. The Labute approximate surface area is 247 Å². The van der Waals surface area contributed by atoms with Crippen molar-refractivity contribution in [2.24, 2.45) is 0 Å². The third kappa shape index (κ3) is 9.78. The highest BCUT2D eigenvalue weighted by atomic mass is 16.6. The minimum Gasteiger partial charge on any atom is -0.388 e. The highest BCUT2D eigenvalue weighted by Crippen LogP contribution is 2.22. The topological polar surface area (TPSA) is 74.2 Å². The van der Waals surface area contributed by atoms with Gasteiger partial charge >= 0.3 is 0 Å². The van der Waals surface area contributed by atoms with Gasteiger partial charge in [-0.1, -0.05) is 121 Å². The molecule has 1 N–H and O–H groups in total. The van der Waals surface area contributed by atoms with Crippen molar-refractivity contribution in [2.45, 2.75) is 50.8 Å². The van der Waals surface area contributed by atoms with E-state index in [0.29, 0.717) is 6.61 Å². The summed E-state index contributed by atoms with van der Waals surface area (Å²) in [6.45, 7) is 0.681. The maximum absolute atomic E-state index is 13.2. The normalized spacial score (nSPS) is 13.9. The number of Topliss-reactive ketones (excluding diaryl/α,β-unsaturated/α-hetero) is 1. The van der Waals surface area contributed by atoms with Gasteiger partial charge in [-0.15, -0.1) is 6.42 Å². The van der Waals surface area contributed by atoms with Crippen LogP contribution in [0.3, 0.4) is 0 Å². The van der Waals surface area contributed by atoms with Crippen LogP contribution in [0, 0.1) is 12.3 Å². The molecule has 0 spiro atoms. The first-order chi connectivity index (χ1) is 20.6. The molecule has 4 aromatic carbocycles. The van der Waals surface area contributed by atoms with Crippen LogP contribution in [0.2, 0.25) is 0 Å². The van der Waals surface area contributed by atoms with Gasteiger partial charge in [-0.25, -0.2) is 0 Å². The smallest absolute Gasteiger partial charge is 0.236 e. The van der Waals surface area contributed by atoms with Crippen molar-refractivity contribution in [1.82, 2.24) is 0 Å². The SMILES string of the molecule is C#CC(=O)[C@H](OCc1ccccc1)[C@@H](OCc1ccccc1)[C@@H](OCc1ccccc1)[C@H](O)COCc1ccccc1. The summed E-state index contributed by atoms with van der Waals surface area (Å²) in [6.07, 6.45) is 1.19. The largest absolute Gasteiger partial charge is 0.388 e. The van der Waals surface area contributed by atoms with Gasteiger partial charge in [0.05, 0.1) is 33.0 Å². The van der Waals surface area contributed by atoms with E-state index in [0.717, 1.165) is 22.3 Å². The second-order valence-electron chi connectivity index (χ2n) is 9.82. The van der Waals surface area contributed by atoms with Crippen LogP contribution in [0.1, 0.15) is 22.3 Å². The number of benzene rings is 4. The van der Waals surface area contributed by atoms with Crippen LogP contribution in [0.4, 0.5) is 0 Å². The number of hydrogen-bond acceptors (Lipinski definition) is 6. The summed E-state index contributed by atoms with van der Waals surface area (Å²) in [7, 11) is 0. The van der Waals surface area contributed by atoms with Crippen molar-refractivity contribution in [3.63, 3.8) is 0 Å². The van der Waals surface area contributed by atoms with E-state index in [-0.39, 0.29) is 26.4 Å². The lowest BCUT2D eigenvalue weighted by molar-refractivity contribution is -0.188. The molecule has 0 aliphatic heterocycles. The molecule has 0 fully saturated rings. The summed E-state index contributed by atoms with van der Waals surface area (Å²) in [5.74, 6) is 1.60. The molecule has 0 aliphatic carbocycles. The number of carbonyl (C=O) groups excluding carboxylic acids is 1. The Morgan fingerprint density at radius 1 is 0.595 bits per heavy atom. The van der Waals surface area contributed by atoms with Crippen molar-refractivity contribution < 1.29 is 28.8 Å². The lowest BCUT2D eigenvalue weighted by Gasteiger charge is -2.34. The first-order valence-electron chi connectivity index (χ1n) is 13.9. The highest BCUT2D eigenvalue weighted by Gasteiger charge is 2.40. The molecular formula is C36H36O6. The lowest BCUT2D eigenvalue weighted by atomic mass is 9.99. The van der Waals surface area contributed by atoms with Gasteiger partial charge in [0.1, 0.15) is 18.3 Å². The summed E-state index contributed by atoms with van der Waals surface area (Å²) in [5, 5.41) is 11.5. The van der Waals surface area contributed by atoms with Crippen molar-refractivity contribution >= 4 is 5.78 Å². The van der Waals surface area contributed by atoms with E-state index < -0.39 is 30.2 Å². The molecule has 0 bridgehead atoms. The first kappa shape index (κ1) is 30.9. The standard InChI is InChI=1S/C36H36O6/c1-2-32(37)34(40-24-29-17-9-4-10-18-29)36(42-26-31-21-13-6-14-22-31)35(41-25-30-19-11-5-12-20-30)33(38)27-39-23-28-15-7-3-8-16-28/h1,3-22,33-36,38H,23-27H2/t33-,34+,35+,36-/m1/s1. The maximum Gasteiger partial charge on any atom is 0.236 e. The molecule has 4 aromatic rings.